The number of hydrogen-bond donors (Lipinski definition) is 2. The van der Waals surface area contributed by atoms with E-state index in [1.54, 1.807) is 0 Å². The second kappa shape index (κ2) is 10.9. The minimum absolute atomic E-state index is 0. The molecule has 4 nitrogen and oxygen atoms in total. The number of carbonyl (C=O) groups is 1. The lowest BCUT2D eigenvalue weighted by Crippen LogP contribution is -2.18. The molecule has 1 aromatic rings. The van der Waals surface area contributed by atoms with Gasteiger partial charge in [-0.15, -0.1) is 12.4 Å². The van der Waals surface area contributed by atoms with Crippen molar-refractivity contribution in [3.05, 3.63) is 29.8 Å². The van der Waals surface area contributed by atoms with Crippen LogP contribution in [-0.2, 0) is 15.3 Å². The first kappa shape index (κ1) is 19.3. The second-order valence-corrected chi connectivity index (χ2v) is 6.51. The molecule has 6 heteroatoms. The van der Waals surface area contributed by atoms with Gasteiger partial charge in [-0.2, -0.15) is 11.8 Å². The van der Waals surface area contributed by atoms with Crippen LogP contribution in [0.4, 0.5) is 5.69 Å². The number of amides is 1. The molecule has 1 aliphatic rings. The number of rotatable bonds is 7. The summed E-state index contributed by atoms with van der Waals surface area (Å²) in [6, 6.07) is 8.15. The monoisotopic (exact) mass is 344 g/mol. The molecule has 1 amide bonds. The van der Waals surface area contributed by atoms with E-state index in [9.17, 15) is 4.79 Å². The third-order valence-corrected chi connectivity index (χ3v) is 4.91. The Morgan fingerprint density at radius 3 is 2.86 bits per heavy atom. The maximum Gasteiger partial charge on any atom is 0.225 e. The number of anilines is 1. The number of nitrogens with one attached hydrogen (secondary N) is 2. The number of hydrogen-bond acceptors (Lipinski definition) is 4. The topological polar surface area (TPSA) is 50.4 Å². The third-order valence-electron chi connectivity index (χ3n) is 3.47. The second-order valence-electron chi connectivity index (χ2n) is 5.22. The van der Waals surface area contributed by atoms with Gasteiger partial charge in [-0.1, -0.05) is 12.1 Å². The molecule has 0 unspecified atom stereocenters. The molecule has 0 spiro atoms. The Bertz CT molecular complexity index is 454. The summed E-state index contributed by atoms with van der Waals surface area (Å²) in [6.07, 6.45) is 2.79. The first-order valence-electron chi connectivity index (χ1n) is 7.50. The van der Waals surface area contributed by atoms with Gasteiger partial charge in [-0.25, -0.2) is 0 Å². The summed E-state index contributed by atoms with van der Waals surface area (Å²) < 4.78 is 5.38. The molecule has 1 aliphatic heterocycles. The zero-order valence-electron chi connectivity index (χ0n) is 13.0. The van der Waals surface area contributed by atoms with Crippen LogP contribution >= 0.6 is 24.2 Å². The molecule has 0 radical (unpaired) electrons. The van der Waals surface area contributed by atoms with Gasteiger partial charge >= 0.3 is 0 Å². The summed E-state index contributed by atoms with van der Waals surface area (Å²) in [7, 11) is 1.85. The maximum absolute atomic E-state index is 11.7. The van der Waals surface area contributed by atoms with Crippen LogP contribution in [0.2, 0.25) is 0 Å². The summed E-state index contributed by atoms with van der Waals surface area (Å²) in [6.45, 7) is 2.48. The standard InChI is InChI=1S/C16H24N2O2S.ClH/c1-17-8-5-16(19)18-14-4-2-3-13(11-14)12-21-15-6-9-20-10-7-15;/h2-4,11,15,17H,5-10,12H2,1H3,(H,18,19);1H. The summed E-state index contributed by atoms with van der Waals surface area (Å²) >= 11 is 1.99. The van der Waals surface area contributed by atoms with Crippen LogP contribution in [0.5, 0.6) is 0 Å². The van der Waals surface area contributed by atoms with Gasteiger partial charge in [0.2, 0.25) is 5.91 Å². The zero-order valence-corrected chi connectivity index (χ0v) is 14.6. The fourth-order valence-electron chi connectivity index (χ4n) is 2.26. The van der Waals surface area contributed by atoms with Crippen molar-refractivity contribution in [2.45, 2.75) is 30.3 Å². The molecule has 0 saturated carbocycles. The molecular formula is C16H25ClN2O2S. The van der Waals surface area contributed by atoms with Crippen molar-refractivity contribution in [3.8, 4) is 0 Å². The lowest BCUT2D eigenvalue weighted by Gasteiger charge is -2.21. The van der Waals surface area contributed by atoms with Gasteiger partial charge in [0, 0.05) is 42.9 Å². The van der Waals surface area contributed by atoms with E-state index >= 15 is 0 Å². The van der Waals surface area contributed by atoms with E-state index in [0.717, 1.165) is 37.5 Å². The van der Waals surface area contributed by atoms with Crippen LogP contribution in [0.1, 0.15) is 24.8 Å². The van der Waals surface area contributed by atoms with Gasteiger partial charge in [0.15, 0.2) is 0 Å². The maximum atomic E-state index is 11.7. The Morgan fingerprint density at radius 1 is 1.36 bits per heavy atom. The van der Waals surface area contributed by atoms with Crippen molar-refractivity contribution in [2.75, 3.05) is 32.1 Å². The molecule has 0 aromatic heterocycles. The number of halogens is 1. The predicted octanol–water partition coefficient (Wildman–Crippen LogP) is 3.07. The van der Waals surface area contributed by atoms with Crippen molar-refractivity contribution >= 4 is 35.8 Å². The molecule has 2 rings (SSSR count). The van der Waals surface area contributed by atoms with Gasteiger partial charge in [-0.05, 0) is 37.6 Å². The van der Waals surface area contributed by atoms with Crippen molar-refractivity contribution < 1.29 is 9.53 Å². The lowest BCUT2D eigenvalue weighted by molar-refractivity contribution is -0.116. The molecule has 0 atom stereocenters. The lowest BCUT2D eigenvalue weighted by atomic mass is 10.2. The molecule has 1 saturated heterocycles. The number of thioether (sulfide) groups is 1. The SMILES string of the molecule is CNCCC(=O)Nc1cccc(CSC2CCOCC2)c1.Cl. The summed E-state index contributed by atoms with van der Waals surface area (Å²) in [5.41, 5.74) is 2.15. The molecule has 2 N–H and O–H groups in total. The molecule has 0 aliphatic carbocycles. The van der Waals surface area contributed by atoms with Gasteiger partial charge in [0.1, 0.15) is 0 Å². The van der Waals surface area contributed by atoms with Gasteiger partial charge in [0.25, 0.3) is 0 Å². The van der Waals surface area contributed by atoms with E-state index in [1.165, 1.54) is 5.56 Å². The van der Waals surface area contributed by atoms with Crippen LogP contribution in [0.15, 0.2) is 24.3 Å². The minimum atomic E-state index is 0. The van der Waals surface area contributed by atoms with Gasteiger partial charge in [-0.3, -0.25) is 4.79 Å². The summed E-state index contributed by atoms with van der Waals surface area (Å²) in [5, 5.41) is 6.63. The highest BCUT2D eigenvalue weighted by Gasteiger charge is 2.14. The van der Waals surface area contributed by atoms with E-state index < -0.39 is 0 Å². The average Bonchev–Trinajstić information content (AvgIpc) is 2.52. The van der Waals surface area contributed by atoms with Gasteiger partial charge < -0.3 is 15.4 Å². The van der Waals surface area contributed by atoms with E-state index in [2.05, 4.69) is 22.8 Å². The Labute approximate surface area is 143 Å². The largest absolute Gasteiger partial charge is 0.381 e. The van der Waals surface area contributed by atoms with E-state index in [4.69, 9.17) is 4.74 Å². The number of benzene rings is 1. The van der Waals surface area contributed by atoms with Crippen LogP contribution in [0.25, 0.3) is 0 Å². The number of ether oxygens (including phenoxy) is 1. The Hall–Kier alpha value is -0.750. The molecule has 124 valence electrons. The molecule has 22 heavy (non-hydrogen) atoms. The molecule has 0 bridgehead atoms. The molecule has 1 heterocycles. The highest BCUT2D eigenvalue weighted by molar-refractivity contribution is 7.99. The Kier molecular flexibility index (Phi) is 9.55. The smallest absolute Gasteiger partial charge is 0.225 e. The Balaban J connectivity index is 0.00000242. The van der Waals surface area contributed by atoms with E-state index in [-0.39, 0.29) is 18.3 Å². The summed E-state index contributed by atoms with van der Waals surface area (Å²) in [4.78, 5) is 11.7. The highest BCUT2D eigenvalue weighted by Crippen LogP contribution is 2.26. The van der Waals surface area contributed by atoms with Crippen LogP contribution in [0, 0.1) is 0 Å². The van der Waals surface area contributed by atoms with Crippen molar-refractivity contribution in [1.29, 1.82) is 0 Å². The van der Waals surface area contributed by atoms with Crippen LogP contribution in [-0.4, -0.2) is 38.0 Å². The first-order chi connectivity index (χ1) is 10.3. The first-order valence-corrected chi connectivity index (χ1v) is 8.55. The highest BCUT2D eigenvalue weighted by atomic mass is 35.5. The van der Waals surface area contributed by atoms with Crippen LogP contribution < -0.4 is 10.6 Å². The fraction of sp³-hybridized carbons (Fsp3) is 0.562. The average molecular weight is 345 g/mol. The molecule has 1 aromatic carbocycles. The Morgan fingerprint density at radius 2 is 2.14 bits per heavy atom. The zero-order chi connectivity index (χ0) is 14.9. The van der Waals surface area contributed by atoms with Crippen molar-refractivity contribution in [3.63, 3.8) is 0 Å². The number of carbonyl (C=O) groups excluding carboxylic acids is 1. The van der Waals surface area contributed by atoms with Crippen LogP contribution in [0.3, 0.4) is 0 Å². The fourth-order valence-corrected chi connectivity index (χ4v) is 3.39. The summed E-state index contributed by atoms with van der Waals surface area (Å²) in [5.74, 6) is 1.05. The van der Waals surface area contributed by atoms with Crippen molar-refractivity contribution in [2.24, 2.45) is 0 Å². The normalized spacial score (nSPS) is 15.1. The molecular weight excluding hydrogens is 320 g/mol. The predicted molar refractivity (Wildman–Crippen MR) is 96.0 cm³/mol. The quantitative estimate of drug-likeness (QED) is 0.798. The third kappa shape index (κ3) is 7.01. The van der Waals surface area contributed by atoms with Crippen molar-refractivity contribution in [1.82, 2.24) is 5.32 Å². The minimum Gasteiger partial charge on any atom is -0.381 e. The van der Waals surface area contributed by atoms with Gasteiger partial charge in [0.05, 0.1) is 0 Å². The molecule has 1 fully saturated rings. The van der Waals surface area contributed by atoms with E-state index in [1.807, 2.05) is 30.9 Å². The van der Waals surface area contributed by atoms with E-state index in [0.29, 0.717) is 18.2 Å².